The quantitative estimate of drug-likeness (QED) is 0.618. The van der Waals surface area contributed by atoms with Crippen LogP contribution in [0.25, 0.3) is 0 Å². The maximum atomic E-state index is 13.4. The molecular weight excluding hydrogens is 372 g/mol. The highest BCUT2D eigenvalue weighted by Gasteiger charge is 2.70. The maximum absolute atomic E-state index is 13.4. The van der Waals surface area contributed by atoms with Gasteiger partial charge in [0, 0.05) is 12.5 Å². The first kappa shape index (κ1) is 19.1. The third-order valence-electron chi connectivity index (χ3n) is 6.05. The second kappa shape index (κ2) is 7.00. The fraction of sp³-hybridized carbons (Fsp3) is 0.318. The molecule has 2 N–H and O–H groups in total. The lowest BCUT2D eigenvalue weighted by Gasteiger charge is -2.25. The molecule has 0 radical (unpaired) electrons. The molecule has 2 saturated heterocycles. The van der Waals surface area contributed by atoms with Crippen LogP contribution < -0.4 is 15.0 Å². The lowest BCUT2D eigenvalue weighted by molar-refractivity contribution is -0.730. The molecule has 2 heterocycles. The average Bonchev–Trinajstić information content (AvgIpc) is 3.22. The largest absolute Gasteiger partial charge is 0.497 e. The Bertz CT molecular complexity index is 959. The van der Waals surface area contributed by atoms with Gasteiger partial charge >= 0.3 is 5.97 Å². The second-order valence-corrected chi connectivity index (χ2v) is 7.59. The van der Waals surface area contributed by atoms with Crippen LogP contribution in [-0.4, -0.2) is 37.5 Å². The van der Waals surface area contributed by atoms with Crippen molar-refractivity contribution in [3.8, 4) is 5.75 Å². The van der Waals surface area contributed by atoms with Gasteiger partial charge in [0.15, 0.2) is 0 Å². The summed E-state index contributed by atoms with van der Waals surface area (Å²) in [6.45, 7) is 1.68. The zero-order chi connectivity index (χ0) is 20.8. The van der Waals surface area contributed by atoms with Crippen molar-refractivity contribution in [1.82, 2.24) is 0 Å². The molecule has 2 fully saturated rings. The molecule has 7 nitrogen and oxygen atoms in total. The minimum Gasteiger partial charge on any atom is -0.497 e. The van der Waals surface area contributed by atoms with Crippen molar-refractivity contribution < 1.29 is 29.2 Å². The molecule has 0 spiro atoms. The van der Waals surface area contributed by atoms with E-state index in [9.17, 15) is 14.4 Å². The third kappa shape index (κ3) is 2.81. The van der Waals surface area contributed by atoms with Crippen molar-refractivity contribution >= 4 is 23.5 Å². The van der Waals surface area contributed by atoms with E-state index < -0.39 is 23.3 Å². The first-order valence-electron chi connectivity index (χ1n) is 9.43. The number of hydrogen-bond donors (Lipinski definition) is 1. The average molecular weight is 395 g/mol. The number of nitrogens with zero attached hydrogens (tertiary/aromatic N) is 1. The number of fused-ring (bicyclic) bond motifs is 1. The van der Waals surface area contributed by atoms with Crippen LogP contribution in [0.3, 0.4) is 0 Å². The van der Waals surface area contributed by atoms with E-state index in [0.717, 1.165) is 5.56 Å². The lowest BCUT2D eigenvalue weighted by atomic mass is 9.80. The van der Waals surface area contributed by atoms with Crippen molar-refractivity contribution in [3.63, 3.8) is 0 Å². The van der Waals surface area contributed by atoms with Gasteiger partial charge in [-0.25, -0.2) is 9.69 Å². The van der Waals surface area contributed by atoms with Crippen LogP contribution in [0.4, 0.5) is 5.69 Å². The number of amides is 2. The molecule has 0 bridgehead atoms. The van der Waals surface area contributed by atoms with Gasteiger partial charge in [0.2, 0.25) is 17.4 Å². The molecule has 4 atom stereocenters. The van der Waals surface area contributed by atoms with Gasteiger partial charge in [-0.2, -0.15) is 0 Å². The normalized spacial score (nSPS) is 28.4. The number of ether oxygens (including phenoxy) is 2. The molecule has 2 amide bonds. The van der Waals surface area contributed by atoms with Crippen LogP contribution >= 0.6 is 0 Å². The first-order valence-corrected chi connectivity index (χ1v) is 9.43. The molecule has 2 aliphatic rings. The topological polar surface area (TPSA) is 89.5 Å². The van der Waals surface area contributed by atoms with E-state index in [2.05, 4.69) is 0 Å². The Labute approximate surface area is 168 Å². The summed E-state index contributed by atoms with van der Waals surface area (Å²) >= 11 is 0. The third-order valence-corrected chi connectivity index (χ3v) is 6.05. The lowest BCUT2D eigenvalue weighted by Crippen LogP contribution is -2.97. The van der Waals surface area contributed by atoms with E-state index in [-0.39, 0.29) is 17.9 Å². The van der Waals surface area contributed by atoms with Crippen LogP contribution in [0.15, 0.2) is 54.6 Å². The number of benzene rings is 2. The van der Waals surface area contributed by atoms with Gasteiger partial charge in [-0.05, 0) is 36.4 Å². The van der Waals surface area contributed by atoms with E-state index in [1.165, 1.54) is 12.0 Å². The predicted molar refractivity (Wildman–Crippen MR) is 104 cm³/mol. The Balaban J connectivity index is 1.80. The number of anilines is 1. The predicted octanol–water partition coefficient (Wildman–Crippen LogP) is 1.05. The number of esters is 1. The minimum absolute atomic E-state index is 0.295. The van der Waals surface area contributed by atoms with Crippen molar-refractivity contribution in [2.45, 2.75) is 18.5 Å². The highest BCUT2D eigenvalue weighted by Crippen LogP contribution is 2.45. The van der Waals surface area contributed by atoms with E-state index in [1.54, 1.807) is 43.6 Å². The van der Waals surface area contributed by atoms with Gasteiger partial charge in [-0.3, -0.25) is 9.59 Å². The first-order chi connectivity index (χ1) is 13.9. The van der Waals surface area contributed by atoms with E-state index in [4.69, 9.17) is 9.47 Å². The van der Waals surface area contributed by atoms with Crippen LogP contribution in [0.2, 0.25) is 0 Å². The maximum Gasteiger partial charge on any atom is 0.368 e. The number of para-hydroxylation sites is 1. The van der Waals surface area contributed by atoms with Crippen molar-refractivity contribution in [3.05, 3.63) is 60.2 Å². The number of hydrogen-bond acceptors (Lipinski definition) is 5. The number of quaternary nitrogens is 1. The van der Waals surface area contributed by atoms with Crippen molar-refractivity contribution in [1.29, 1.82) is 0 Å². The fourth-order valence-corrected chi connectivity index (χ4v) is 4.64. The van der Waals surface area contributed by atoms with Crippen molar-refractivity contribution in [2.24, 2.45) is 11.8 Å². The summed E-state index contributed by atoms with van der Waals surface area (Å²) in [6, 6.07) is 15.8. The molecule has 29 heavy (non-hydrogen) atoms. The van der Waals surface area contributed by atoms with Crippen LogP contribution in [0, 0.1) is 11.8 Å². The number of carbonyl (C=O) groups is 3. The van der Waals surface area contributed by atoms with Gasteiger partial charge in [-0.1, -0.05) is 18.2 Å². The van der Waals surface area contributed by atoms with Crippen LogP contribution in [0.5, 0.6) is 5.75 Å². The van der Waals surface area contributed by atoms with Crippen LogP contribution in [0.1, 0.15) is 18.5 Å². The highest BCUT2D eigenvalue weighted by atomic mass is 16.5. The van der Waals surface area contributed by atoms with Gasteiger partial charge < -0.3 is 14.8 Å². The van der Waals surface area contributed by atoms with Gasteiger partial charge in [-0.15, -0.1) is 0 Å². The van der Waals surface area contributed by atoms with Gasteiger partial charge in [0.05, 0.1) is 19.9 Å². The number of methoxy groups -OCH3 is 2. The molecule has 0 unspecified atom stereocenters. The summed E-state index contributed by atoms with van der Waals surface area (Å²) < 4.78 is 10.2. The molecule has 0 aliphatic carbocycles. The van der Waals surface area contributed by atoms with E-state index in [1.807, 2.05) is 30.3 Å². The molecule has 7 heteroatoms. The van der Waals surface area contributed by atoms with Crippen molar-refractivity contribution in [2.75, 3.05) is 19.1 Å². The molecule has 4 rings (SSSR count). The minimum atomic E-state index is -1.19. The SMILES string of the molecule is COC(=O)[C@@]1(C)[NH2+][C@@H](c2ccc(OC)cc2)[C@H]2C(=O)N(c3ccccc3)C(=O)[C@H]21. The smallest absolute Gasteiger partial charge is 0.368 e. The number of carbonyl (C=O) groups excluding carboxylic acids is 3. The van der Waals surface area contributed by atoms with Gasteiger partial charge in [0.1, 0.15) is 23.6 Å². The number of imide groups is 1. The molecule has 2 aliphatic heterocycles. The fourth-order valence-electron chi connectivity index (χ4n) is 4.64. The summed E-state index contributed by atoms with van der Waals surface area (Å²) in [5, 5.41) is 1.80. The molecule has 2 aromatic rings. The molecule has 2 aromatic carbocycles. The molecule has 0 saturated carbocycles. The molecule has 0 aromatic heterocycles. The standard InChI is InChI=1S/C22H22N2O5/c1-22(21(27)29-3)17-16(18(23-22)13-9-11-15(28-2)12-10-13)19(25)24(20(17)26)14-7-5-4-6-8-14/h4-12,16-18,23H,1-3H3/p+1/t16-,17-,18-,22-/m0/s1. The zero-order valence-corrected chi connectivity index (χ0v) is 16.5. The number of nitrogens with two attached hydrogens (primary N) is 1. The van der Waals surface area contributed by atoms with E-state index in [0.29, 0.717) is 11.4 Å². The second-order valence-electron chi connectivity index (χ2n) is 7.59. The summed E-state index contributed by atoms with van der Waals surface area (Å²) in [5.74, 6) is -1.96. The van der Waals surface area contributed by atoms with Crippen LogP contribution in [-0.2, 0) is 19.1 Å². The Morgan fingerprint density at radius 1 is 1.00 bits per heavy atom. The summed E-state index contributed by atoms with van der Waals surface area (Å²) in [7, 11) is 2.88. The summed E-state index contributed by atoms with van der Waals surface area (Å²) in [4.78, 5) is 40.7. The Morgan fingerprint density at radius 2 is 1.66 bits per heavy atom. The number of rotatable bonds is 4. The molecule has 150 valence electrons. The Hall–Kier alpha value is -3.19. The Morgan fingerprint density at radius 3 is 2.24 bits per heavy atom. The van der Waals surface area contributed by atoms with E-state index >= 15 is 0 Å². The zero-order valence-electron chi connectivity index (χ0n) is 16.5. The highest BCUT2D eigenvalue weighted by molar-refractivity contribution is 6.23. The monoisotopic (exact) mass is 395 g/mol. The Kier molecular flexibility index (Phi) is 4.62. The van der Waals surface area contributed by atoms with Gasteiger partial charge in [0.25, 0.3) is 0 Å². The summed E-state index contributed by atoms with van der Waals surface area (Å²) in [6.07, 6.45) is 0. The molecular formula is C22H23N2O5+. The summed E-state index contributed by atoms with van der Waals surface area (Å²) in [5.41, 5.74) is 0.169.